The maximum atomic E-state index is 12.6. The van der Waals surface area contributed by atoms with Crippen LogP contribution in [0.1, 0.15) is 29.5 Å². The van der Waals surface area contributed by atoms with Gasteiger partial charge in [-0.05, 0) is 60.2 Å². The van der Waals surface area contributed by atoms with E-state index in [4.69, 9.17) is 4.74 Å². The van der Waals surface area contributed by atoms with Crippen molar-refractivity contribution in [3.05, 3.63) is 53.1 Å². The van der Waals surface area contributed by atoms with Crippen LogP contribution >= 0.6 is 0 Å². The first-order chi connectivity index (χ1) is 14.9. The number of halogens is 2. The van der Waals surface area contributed by atoms with E-state index in [1.165, 1.54) is 30.4 Å². The fraction of sp³-hybridized carbons (Fsp3) is 0.391. The Morgan fingerprint density at radius 3 is 2.74 bits per heavy atom. The van der Waals surface area contributed by atoms with E-state index in [-0.39, 0.29) is 36.3 Å². The number of carbonyl (C=O) groups excluding carboxylic acids is 2. The zero-order valence-corrected chi connectivity index (χ0v) is 17.2. The number of anilines is 1. The van der Waals surface area contributed by atoms with Crippen molar-refractivity contribution in [1.29, 1.82) is 0 Å². The summed E-state index contributed by atoms with van der Waals surface area (Å²) in [4.78, 5) is 26.8. The Kier molecular flexibility index (Phi) is 6.06. The minimum absolute atomic E-state index is 0.0739. The quantitative estimate of drug-likeness (QED) is 0.731. The number of aryl methyl sites for hydroxylation is 2. The summed E-state index contributed by atoms with van der Waals surface area (Å²) in [5.41, 5.74) is 4.04. The molecular weight excluding hydrogens is 406 g/mol. The van der Waals surface area contributed by atoms with Crippen molar-refractivity contribution >= 4 is 17.5 Å². The summed E-state index contributed by atoms with van der Waals surface area (Å²) in [6.45, 7) is -2.52. The van der Waals surface area contributed by atoms with Gasteiger partial charge in [-0.2, -0.15) is 8.78 Å². The van der Waals surface area contributed by atoms with Crippen LogP contribution in [0.4, 0.5) is 14.5 Å². The number of benzene rings is 2. The molecular formula is C23H24F2N2O4. The van der Waals surface area contributed by atoms with Gasteiger partial charge in [0.1, 0.15) is 0 Å². The molecule has 1 atom stereocenters. The first-order valence-electron chi connectivity index (χ1n) is 10.3. The highest BCUT2D eigenvalue weighted by Crippen LogP contribution is 2.31. The topological polar surface area (TPSA) is 67.9 Å². The highest BCUT2D eigenvalue weighted by molar-refractivity contribution is 6.00. The van der Waals surface area contributed by atoms with Crippen LogP contribution in [0.25, 0.3) is 0 Å². The number of rotatable bonds is 7. The normalized spacial score (nSPS) is 17.7. The van der Waals surface area contributed by atoms with Crippen molar-refractivity contribution in [2.75, 3.05) is 18.6 Å². The molecule has 6 nitrogen and oxygen atoms in total. The zero-order valence-electron chi connectivity index (χ0n) is 17.2. The van der Waals surface area contributed by atoms with Crippen molar-refractivity contribution in [1.82, 2.24) is 5.32 Å². The summed E-state index contributed by atoms with van der Waals surface area (Å²) in [5, 5.41) is 2.79. The lowest BCUT2D eigenvalue weighted by molar-refractivity contribution is -0.126. The van der Waals surface area contributed by atoms with Crippen LogP contribution in [0.3, 0.4) is 0 Å². The lowest BCUT2D eigenvalue weighted by Gasteiger charge is -2.18. The van der Waals surface area contributed by atoms with Crippen LogP contribution in [0.15, 0.2) is 36.4 Å². The number of nitrogens with zero attached hydrogens (tertiary/aromatic N) is 1. The average molecular weight is 430 g/mol. The predicted octanol–water partition coefficient (Wildman–Crippen LogP) is 3.45. The van der Waals surface area contributed by atoms with Crippen molar-refractivity contribution in [3.63, 3.8) is 0 Å². The van der Waals surface area contributed by atoms with Crippen LogP contribution in [-0.2, 0) is 29.0 Å². The third-order valence-electron chi connectivity index (χ3n) is 5.80. The number of carbonyl (C=O) groups is 2. The van der Waals surface area contributed by atoms with Gasteiger partial charge in [0.05, 0.1) is 13.0 Å². The van der Waals surface area contributed by atoms with E-state index >= 15 is 0 Å². The van der Waals surface area contributed by atoms with Gasteiger partial charge in [-0.25, -0.2) is 0 Å². The van der Waals surface area contributed by atoms with E-state index in [0.29, 0.717) is 12.1 Å². The van der Waals surface area contributed by atoms with Crippen LogP contribution in [-0.4, -0.2) is 32.1 Å². The summed E-state index contributed by atoms with van der Waals surface area (Å²) in [7, 11) is 1.36. The Morgan fingerprint density at radius 1 is 1.16 bits per heavy atom. The standard InChI is InChI=1S/C23H24F2N2O4/c1-30-19-8-5-14(9-20(19)31-23(24)25)12-26-22(29)17-11-21(28)27(13-17)18-7-6-15-3-2-4-16(15)10-18/h5-10,17,23H,2-4,11-13H2,1H3,(H,26,29). The predicted molar refractivity (Wildman–Crippen MR) is 110 cm³/mol. The molecule has 1 aliphatic heterocycles. The molecule has 1 N–H and O–H groups in total. The molecule has 2 aliphatic rings. The fourth-order valence-corrected chi connectivity index (χ4v) is 4.21. The first-order valence-corrected chi connectivity index (χ1v) is 10.3. The number of fused-ring (bicyclic) bond motifs is 1. The molecule has 2 aromatic carbocycles. The first kappa shape index (κ1) is 21.1. The van der Waals surface area contributed by atoms with Crippen molar-refractivity contribution in [3.8, 4) is 11.5 Å². The van der Waals surface area contributed by atoms with Gasteiger partial charge >= 0.3 is 6.61 Å². The number of ether oxygens (including phenoxy) is 2. The molecule has 1 heterocycles. The maximum Gasteiger partial charge on any atom is 0.387 e. The zero-order chi connectivity index (χ0) is 22.0. The second kappa shape index (κ2) is 8.91. The summed E-state index contributed by atoms with van der Waals surface area (Å²) in [5.74, 6) is -0.695. The molecule has 1 unspecified atom stereocenters. The lowest BCUT2D eigenvalue weighted by Crippen LogP contribution is -2.32. The van der Waals surface area contributed by atoms with Crippen LogP contribution in [0.2, 0.25) is 0 Å². The lowest BCUT2D eigenvalue weighted by atomic mass is 10.1. The monoisotopic (exact) mass is 430 g/mol. The van der Waals surface area contributed by atoms with Crippen LogP contribution < -0.4 is 19.7 Å². The highest BCUT2D eigenvalue weighted by Gasteiger charge is 2.35. The molecule has 1 saturated heterocycles. The van der Waals surface area contributed by atoms with E-state index in [0.717, 1.165) is 24.9 Å². The Balaban J connectivity index is 1.38. The molecule has 2 aromatic rings. The average Bonchev–Trinajstić information content (AvgIpc) is 3.37. The van der Waals surface area contributed by atoms with Gasteiger partial charge in [0, 0.05) is 25.2 Å². The minimum Gasteiger partial charge on any atom is -0.493 e. The van der Waals surface area contributed by atoms with Crippen LogP contribution in [0.5, 0.6) is 11.5 Å². The van der Waals surface area contributed by atoms with Gasteiger partial charge in [0.25, 0.3) is 0 Å². The van der Waals surface area contributed by atoms with Crippen molar-refractivity contribution in [2.24, 2.45) is 5.92 Å². The Labute approximate surface area is 179 Å². The van der Waals surface area contributed by atoms with E-state index in [9.17, 15) is 18.4 Å². The van der Waals surface area contributed by atoms with E-state index in [1.54, 1.807) is 11.0 Å². The second-order valence-electron chi connectivity index (χ2n) is 7.79. The SMILES string of the molecule is COc1ccc(CNC(=O)C2CC(=O)N(c3ccc4c(c3)CCC4)C2)cc1OC(F)F. The Morgan fingerprint density at radius 2 is 1.97 bits per heavy atom. The summed E-state index contributed by atoms with van der Waals surface area (Å²) in [6, 6.07) is 10.7. The van der Waals surface area contributed by atoms with Gasteiger partial charge in [0.2, 0.25) is 11.8 Å². The van der Waals surface area contributed by atoms with Gasteiger partial charge in [-0.15, -0.1) is 0 Å². The number of nitrogens with one attached hydrogen (secondary N) is 1. The number of methoxy groups -OCH3 is 1. The van der Waals surface area contributed by atoms with Crippen LogP contribution in [0, 0.1) is 5.92 Å². The Hall–Kier alpha value is -3.16. The second-order valence-corrected chi connectivity index (χ2v) is 7.79. The van der Waals surface area contributed by atoms with Crippen molar-refractivity contribution in [2.45, 2.75) is 38.8 Å². The third kappa shape index (κ3) is 4.62. The summed E-state index contributed by atoms with van der Waals surface area (Å²) in [6.07, 6.45) is 3.37. The molecule has 2 amide bonds. The van der Waals surface area contributed by atoms with Gasteiger partial charge < -0.3 is 19.7 Å². The molecule has 0 saturated carbocycles. The molecule has 0 radical (unpaired) electrons. The number of hydrogen-bond acceptors (Lipinski definition) is 4. The largest absolute Gasteiger partial charge is 0.493 e. The molecule has 0 aromatic heterocycles. The number of hydrogen-bond donors (Lipinski definition) is 1. The van der Waals surface area contributed by atoms with E-state index in [1.807, 2.05) is 6.07 Å². The van der Waals surface area contributed by atoms with Crippen molar-refractivity contribution < 1.29 is 27.8 Å². The fourth-order valence-electron chi connectivity index (χ4n) is 4.21. The highest BCUT2D eigenvalue weighted by atomic mass is 19.3. The minimum atomic E-state index is -2.98. The summed E-state index contributed by atoms with van der Waals surface area (Å²) < 4.78 is 34.7. The maximum absolute atomic E-state index is 12.6. The van der Waals surface area contributed by atoms with E-state index in [2.05, 4.69) is 22.2 Å². The van der Waals surface area contributed by atoms with Gasteiger partial charge in [0.15, 0.2) is 11.5 Å². The van der Waals surface area contributed by atoms with Gasteiger partial charge in [-0.1, -0.05) is 12.1 Å². The smallest absolute Gasteiger partial charge is 0.387 e. The molecule has 0 bridgehead atoms. The number of alkyl halides is 2. The molecule has 1 fully saturated rings. The summed E-state index contributed by atoms with van der Waals surface area (Å²) >= 11 is 0. The molecule has 0 spiro atoms. The molecule has 1 aliphatic carbocycles. The molecule has 164 valence electrons. The third-order valence-corrected chi connectivity index (χ3v) is 5.80. The van der Waals surface area contributed by atoms with Gasteiger partial charge in [-0.3, -0.25) is 9.59 Å². The molecule has 8 heteroatoms. The Bertz CT molecular complexity index is 996. The molecule has 31 heavy (non-hydrogen) atoms. The van der Waals surface area contributed by atoms with E-state index < -0.39 is 12.5 Å². The number of amides is 2. The molecule has 4 rings (SSSR count).